The van der Waals surface area contributed by atoms with Crippen LogP contribution in [-0.2, 0) is 38.2 Å². The number of hydrogen-bond donors (Lipinski definition) is 4. The van der Waals surface area contributed by atoms with Crippen molar-refractivity contribution in [1.82, 2.24) is 40.4 Å². The van der Waals surface area contributed by atoms with Crippen LogP contribution in [0.3, 0.4) is 0 Å². The van der Waals surface area contributed by atoms with Gasteiger partial charge in [0.2, 0.25) is 11.8 Å². The molecule has 7 aromatic rings. The van der Waals surface area contributed by atoms with Gasteiger partial charge >= 0.3 is 12.2 Å². The quantitative estimate of drug-likeness (QED) is 0.0832. The van der Waals surface area contributed by atoms with Crippen LogP contribution in [0.4, 0.5) is 18.4 Å². The largest absolute Gasteiger partial charge is 0.445 e. The lowest BCUT2D eigenvalue weighted by Crippen LogP contribution is -2.54. The molecule has 5 aromatic carbocycles. The molecule has 6 atom stereocenters. The van der Waals surface area contributed by atoms with E-state index < -0.39 is 30.2 Å². The zero-order valence-corrected chi connectivity index (χ0v) is 43.5. The molecule has 77 heavy (non-hydrogen) atoms. The van der Waals surface area contributed by atoms with Gasteiger partial charge in [-0.05, 0) is 119 Å². The molecule has 1 spiro atoms. The van der Waals surface area contributed by atoms with Crippen LogP contribution in [0.5, 0.6) is 0 Å². The third-order valence-electron chi connectivity index (χ3n) is 16.8. The van der Waals surface area contributed by atoms with Crippen LogP contribution in [0.15, 0.2) is 121 Å². The summed E-state index contributed by atoms with van der Waals surface area (Å²) >= 11 is 0. The second-order valence-electron chi connectivity index (χ2n) is 22.6. The highest BCUT2D eigenvalue weighted by Gasteiger charge is 2.56. The van der Waals surface area contributed by atoms with Crippen LogP contribution in [0.25, 0.3) is 44.5 Å². The summed E-state index contributed by atoms with van der Waals surface area (Å²) in [5.41, 5.74) is 6.28. The summed E-state index contributed by atoms with van der Waals surface area (Å²) in [4.78, 5) is 75.3. The molecule has 396 valence electrons. The number of nitrogens with zero attached hydrogens (tertiary/aromatic N) is 4. The number of nitrogens with one attached hydrogen (secondary N) is 4. The first-order chi connectivity index (χ1) is 37.1. The molecule has 2 saturated heterocycles. The molecule has 2 aliphatic heterocycles. The first-order valence-electron chi connectivity index (χ1n) is 26.9. The first-order valence-corrected chi connectivity index (χ1v) is 26.9. The summed E-state index contributed by atoms with van der Waals surface area (Å²) in [6.07, 6.45) is 5.67. The van der Waals surface area contributed by atoms with Crippen LogP contribution < -0.4 is 10.6 Å². The Kier molecular flexibility index (Phi) is 12.7. The van der Waals surface area contributed by atoms with Crippen molar-refractivity contribution in [3.63, 3.8) is 0 Å². The van der Waals surface area contributed by atoms with Gasteiger partial charge in [0.1, 0.15) is 36.9 Å². The number of imidazole rings is 2. The molecule has 16 heteroatoms. The lowest BCUT2D eigenvalue weighted by Gasteiger charge is -2.37. The van der Waals surface area contributed by atoms with Gasteiger partial charge in [0.25, 0.3) is 5.92 Å². The summed E-state index contributed by atoms with van der Waals surface area (Å²) < 4.78 is 44.7. The van der Waals surface area contributed by atoms with Crippen molar-refractivity contribution < 1.29 is 37.4 Å². The highest BCUT2D eigenvalue weighted by atomic mass is 19.3. The molecule has 2 aromatic heterocycles. The fraction of sp³-hybridized carbons (Fsp3) is 0.377. The number of likely N-dealkylation sites (tertiary alicyclic amines) is 2. The summed E-state index contributed by atoms with van der Waals surface area (Å²) in [6, 6.07) is 32.4. The van der Waals surface area contributed by atoms with E-state index in [1.807, 2.05) is 128 Å². The number of fused-ring (bicyclic) bond motifs is 6. The Morgan fingerprint density at radius 2 is 1.29 bits per heavy atom. The van der Waals surface area contributed by atoms with Gasteiger partial charge in [-0.25, -0.2) is 19.6 Å². The van der Waals surface area contributed by atoms with Crippen molar-refractivity contribution in [3.8, 4) is 33.5 Å². The van der Waals surface area contributed by atoms with Crippen molar-refractivity contribution in [2.24, 2.45) is 23.2 Å². The van der Waals surface area contributed by atoms with Crippen LogP contribution in [-0.4, -0.2) is 78.4 Å². The molecular weight excluding hydrogens is 979 g/mol. The monoisotopic (exact) mass is 1040 g/mol. The van der Waals surface area contributed by atoms with Gasteiger partial charge in [-0.15, -0.1) is 0 Å². The number of piperidine rings is 1. The summed E-state index contributed by atoms with van der Waals surface area (Å²) in [5.74, 6) is -2.69. The van der Waals surface area contributed by atoms with E-state index >= 15 is 8.78 Å². The van der Waals surface area contributed by atoms with Crippen LogP contribution >= 0.6 is 0 Å². The second kappa shape index (κ2) is 19.6. The Morgan fingerprint density at radius 1 is 0.701 bits per heavy atom. The predicted molar refractivity (Wildman–Crippen MR) is 286 cm³/mol. The normalized spacial score (nSPS) is 21.1. The molecule has 4 fully saturated rings. The lowest BCUT2D eigenvalue weighted by atomic mass is 9.95. The van der Waals surface area contributed by atoms with Gasteiger partial charge in [0.15, 0.2) is 0 Å². The van der Waals surface area contributed by atoms with E-state index in [4.69, 9.17) is 19.4 Å². The molecule has 4 amide bonds. The van der Waals surface area contributed by atoms with Gasteiger partial charge in [-0.1, -0.05) is 119 Å². The molecule has 5 unspecified atom stereocenters. The second-order valence-corrected chi connectivity index (χ2v) is 22.6. The number of amides is 4. The number of carbonyl (C=O) groups excluding carboxylic acids is 4. The first kappa shape index (κ1) is 50.0. The van der Waals surface area contributed by atoms with E-state index in [-0.39, 0.29) is 77.4 Å². The lowest BCUT2D eigenvalue weighted by molar-refractivity contribution is -0.139. The zero-order chi connectivity index (χ0) is 53.3. The Balaban J connectivity index is 0.747. The van der Waals surface area contributed by atoms with Crippen LogP contribution in [0.2, 0.25) is 0 Å². The number of alkyl halides is 2. The average Bonchev–Trinajstić information content (AvgIpc) is 4.24. The molecule has 4 N–H and O–H groups in total. The molecule has 5 aliphatic rings. The van der Waals surface area contributed by atoms with Crippen LogP contribution in [0.1, 0.15) is 112 Å². The SMILES string of the molecule is CC(C)C(NC(=O)OCc1ccccc1)C(=O)N1CC2(CC2)CC1c1ncc(-c2ccc3c(c2)C(F)(F)c2cc(-c4ccc5nc([C@@H]6C7CCC(C7)N6C(=O)C(NC(=O)OCc6ccccc6)C(C)C)[nH]c5c4)ccc2-3)[nH]1. The van der Waals surface area contributed by atoms with Crippen molar-refractivity contribution in [3.05, 3.63) is 155 Å². The maximum Gasteiger partial charge on any atom is 0.408 e. The summed E-state index contributed by atoms with van der Waals surface area (Å²) in [7, 11) is 0. The topological polar surface area (TPSA) is 175 Å². The van der Waals surface area contributed by atoms with Gasteiger partial charge in [-0.2, -0.15) is 8.78 Å². The van der Waals surface area contributed by atoms with E-state index in [2.05, 4.69) is 20.6 Å². The fourth-order valence-electron chi connectivity index (χ4n) is 12.5. The van der Waals surface area contributed by atoms with Crippen LogP contribution in [0, 0.1) is 23.2 Å². The Hall–Kier alpha value is -7.88. The number of benzene rings is 5. The minimum Gasteiger partial charge on any atom is -0.445 e. The number of carbonyl (C=O) groups is 4. The maximum atomic E-state index is 16.9. The van der Waals surface area contributed by atoms with Crippen molar-refractivity contribution in [2.45, 2.75) is 116 Å². The number of hydrogen-bond acceptors (Lipinski definition) is 8. The van der Waals surface area contributed by atoms with Crippen molar-refractivity contribution in [2.75, 3.05) is 6.54 Å². The van der Waals surface area contributed by atoms with Gasteiger partial charge in [-0.3, -0.25) is 9.59 Å². The molecule has 0 radical (unpaired) electrons. The Bertz CT molecular complexity index is 3410. The van der Waals surface area contributed by atoms with Crippen molar-refractivity contribution >= 4 is 35.0 Å². The molecule has 4 heterocycles. The number of aromatic amines is 2. The minimum absolute atomic E-state index is 0.0164. The molecule has 2 bridgehead atoms. The maximum absolute atomic E-state index is 16.9. The number of rotatable bonds is 14. The zero-order valence-electron chi connectivity index (χ0n) is 43.5. The fourth-order valence-corrected chi connectivity index (χ4v) is 12.5. The van der Waals surface area contributed by atoms with E-state index in [0.29, 0.717) is 58.1 Å². The molecule has 14 nitrogen and oxygen atoms in total. The van der Waals surface area contributed by atoms with Gasteiger partial charge in [0, 0.05) is 29.3 Å². The number of halogens is 2. The van der Waals surface area contributed by atoms with E-state index in [0.717, 1.165) is 54.3 Å². The van der Waals surface area contributed by atoms with E-state index in [1.54, 1.807) is 24.4 Å². The summed E-state index contributed by atoms with van der Waals surface area (Å²) in [6.45, 7) is 8.30. The number of alkyl carbamates (subject to hydrolysis) is 2. The number of aromatic nitrogens is 4. The highest BCUT2D eigenvalue weighted by molar-refractivity contribution is 5.89. The third kappa shape index (κ3) is 9.39. The molecule has 12 rings (SSSR count). The standard InChI is InChI=1S/C61H62F2N8O6/c1-34(2)51(68-58(74)76-31-36-11-7-5-8-12-36)56(72)70-33-60(23-24-60)29-50(70)54-64-30-49(67-54)40-17-21-44-43-20-16-38(26-45(43)61(62,63)46(44)27-40)39-18-22-47-48(28-39)66-55(65-47)53-41-15-19-42(25-41)71(53)57(73)52(35(3)4)69-59(75)77-32-37-13-9-6-10-14-37/h5-14,16-18,20-22,26-28,30,34-35,41-42,50-53H,15,19,23-25,29,31-33H2,1-4H3,(H,64,67)(H,65,66)(H,68,74)(H,69,75)/t41?,42?,50?,51?,52?,53-/m0/s1. The Labute approximate surface area is 445 Å². The smallest absolute Gasteiger partial charge is 0.408 e. The average molecular weight is 1040 g/mol. The summed E-state index contributed by atoms with van der Waals surface area (Å²) in [5, 5.41) is 5.68. The highest BCUT2D eigenvalue weighted by Crippen LogP contribution is 2.59. The predicted octanol–water partition coefficient (Wildman–Crippen LogP) is 11.7. The van der Waals surface area contributed by atoms with E-state index in [9.17, 15) is 19.2 Å². The number of H-pyrrole nitrogens is 2. The molecule has 2 saturated carbocycles. The molecular formula is C61H62F2N8O6. The third-order valence-corrected chi connectivity index (χ3v) is 16.8. The van der Waals surface area contributed by atoms with Gasteiger partial charge in [0.05, 0.1) is 35.0 Å². The molecule has 3 aliphatic carbocycles. The van der Waals surface area contributed by atoms with E-state index in [1.165, 1.54) is 6.07 Å². The van der Waals surface area contributed by atoms with Crippen molar-refractivity contribution in [1.29, 1.82) is 0 Å². The Morgan fingerprint density at radius 3 is 1.91 bits per heavy atom. The number of ether oxygens (including phenoxy) is 2. The van der Waals surface area contributed by atoms with Gasteiger partial charge < -0.3 is 39.9 Å². The minimum atomic E-state index is -3.31.